The monoisotopic (exact) mass is 288 g/mol. The third-order valence-corrected chi connectivity index (χ3v) is 3.01. The van der Waals surface area contributed by atoms with Crippen LogP contribution in [0.5, 0.6) is 0 Å². The van der Waals surface area contributed by atoms with Gasteiger partial charge in [-0.05, 0) is 42.3 Å². The van der Waals surface area contributed by atoms with E-state index in [9.17, 15) is 9.18 Å². The summed E-state index contributed by atoms with van der Waals surface area (Å²) < 4.78 is 13.2. The normalized spacial score (nSPS) is 10.2. The first-order chi connectivity index (χ1) is 10.1. The Balaban J connectivity index is 2.01. The van der Waals surface area contributed by atoms with Crippen molar-refractivity contribution in [1.82, 2.24) is 0 Å². The molecule has 3 N–H and O–H groups in total. The molecule has 0 bridgehead atoms. The fourth-order valence-electron chi connectivity index (χ4n) is 1.93. The number of hydrogen-bond donors (Lipinski definition) is 3. The molecule has 21 heavy (non-hydrogen) atoms. The summed E-state index contributed by atoms with van der Waals surface area (Å²) >= 11 is 0. The first-order valence-electron chi connectivity index (χ1n) is 6.58. The van der Waals surface area contributed by atoms with Gasteiger partial charge < -0.3 is 15.7 Å². The van der Waals surface area contributed by atoms with Crippen LogP contribution in [0.15, 0.2) is 42.5 Å². The number of aryl methyl sites for hydroxylation is 1. The van der Waals surface area contributed by atoms with Crippen molar-refractivity contribution >= 4 is 17.3 Å². The summed E-state index contributed by atoms with van der Waals surface area (Å²) in [6.07, 6.45) is 0. The minimum Gasteiger partial charge on any atom is -0.387 e. The van der Waals surface area contributed by atoms with Gasteiger partial charge in [-0.3, -0.25) is 4.79 Å². The third-order valence-electron chi connectivity index (χ3n) is 3.01. The Morgan fingerprint density at radius 2 is 1.95 bits per heavy atom. The summed E-state index contributed by atoms with van der Waals surface area (Å²) in [7, 11) is 0. The Kier molecular flexibility index (Phi) is 4.90. The van der Waals surface area contributed by atoms with Crippen molar-refractivity contribution in [3.8, 4) is 0 Å². The highest BCUT2D eigenvalue weighted by molar-refractivity contribution is 5.91. The van der Waals surface area contributed by atoms with Gasteiger partial charge in [-0.25, -0.2) is 4.39 Å². The van der Waals surface area contributed by atoms with Crippen LogP contribution in [0.3, 0.4) is 0 Å². The van der Waals surface area contributed by atoms with Crippen LogP contribution in [0.4, 0.5) is 15.8 Å². The molecule has 0 aliphatic heterocycles. The van der Waals surface area contributed by atoms with Crippen LogP contribution in [-0.4, -0.2) is 17.6 Å². The average molecular weight is 288 g/mol. The number of hydrogen-bond acceptors (Lipinski definition) is 3. The van der Waals surface area contributed by atoms with Crippen LogP contribution in [-0.2, 0) is 11.3 Å². The van der Waals surface area contributed by atoms with E-state index >= 15 is 0 Å². The fraction of sp³-hybridized carbons (Fsp3) is 0.188. The molecule has 0 fully saturated rings. The summed E-state index contributed by atoms with van der Waals surface area (Å²) in [5, 5.41) is 14.5. The van der Waals surface area contributed by atoms with Crippen molar-refractivity contribution in [2.24, 2.45) is 0 Å². The van der Waals surface area contributed by atoms with Crippen molar-refractivity contribution in [2.75, 3.05) is 17.2 Å². The van der Waals surface area contributed by atoms with Gasteiger partial charge in [-0.2, -0.15) is 0 Å². The van der Waals surface area contributed by atoms with Gasteiger partial charge in [-0.1, -0.05) is 18.2 Å². The Bertz CT molecular complexity index is 644. The highest BCUT2D eigenvalue weighted by atomic mass is 19.1. The number of benzene rings is 2. The molecule has 0 aliphatic carbocycles. The molecule has 0 aromatic heterocycles. The fourth-order valence-corrected chi connectivity index (χ4v) is 1.93. The SMILES string of the molecule is Cc1cc(CNc2cccc(NC(=O)CO)c2)ccc1F. The highest BCUT2D eigenvalue weighted by Gasteiger charge is 2.02. The van der Waals surface area contributed by atoms with Crippen LogP contribution < -0.4 is 10.6 Å². The molecule has 2 aromatic carbocycles. The molecule has 2 aromatic rings. The van der Waals surface area contributed by atoms with Gasteiger partial charge in [0.25, 0.3) is 0 Å². The van der Waals surface area contributed by atoms with E-state index in [1.165, 1.54) is 6.07 Å². The Labute approximate surface area is 122 Å². The number of aliphatic hydroxyl groups excluding tert-OH is 1. The molecule has 0 saturated heterocycles. The van der Waals surface area contributed by atoms with E-state index in [1.54, 1.807) is 37.3 Å². The molecule has 4 nitrogen and oxygen atoms in total. The molecule has 0 radical (unpaired) electrons. The van der Waals surface area contributed by atoms with Gasteiger partial charge in [0.15, 0.2) is 0 Å². The van der Waals surface area contributed by atoms with E-state index in [4.69, 9.17) is 5.11 Å². The lowest BCUT2D eigenvalue weighted by molar-refractivity contribution is -0.118. The smallest absolute Gasteiger partial charge is 0.250 e. The Morgan fingerprint density at radius 1 is 1.19 bits per heavy atom. The third kappa shape index (κ3) is 4.29. The van der Waals surface area contributed by atoms with Crippen molar-refractivity contribution in [2.45, 2.75) is 13.5 Å². The molecule has 2 rings (SSSR count). The van der Waals surface area contributed by atoms with Crippen LogP contribution in [0, 0.1) is 12.7 Å². The molecule has 110 valence electrons. The quantitative estimate of drug-likeness (QED) is 0.792. The number of nitrogens with one attached hydrogen (secondary N) is 2. The molecule has 5 heteroatoms. The predicted octanol–water partition coefficient (Wildman–Crippen LogP) is 2.68. The topological polar surface area (TPSA) is 61.4 Å². The number of carbonyl (C=O) groups excluding carboxylic acids is 1. The van der Waals surface area contributed by atoms with E-state index in [2.05, 4.69) is 10.6 Å². The Morgan fingerprint density at radius 3 is 2.67 bits per heavy atom. The zero-order chi connectivity index (χ0) is 15.2. The van der Waals surface area contributed by atoms with Crippen molar-refractivity contribution in [3.63, 3.8) is 0 Å². The second kappa shape index (κ2) is 6.85. The van der Waals surface area contributed by atoms with Gasteiger partial charge >= 0.3 is 0 Å². The van der Waals surface area contributed by atoms with E-state index < -0.39 is 12.5 Å². The molecule has 1 amide bonds. The van der Waals surface area contributed by atoms with Crippen molar-refractivity contribution < 1.29 is 14.3 Å². The summed E-state index contributed by atoms with van der Waals surface area (Å²) in [6, 6.07) is 12.1. The minimum atomic E-state index is -0.549. The van der Waals surface area contributed by atoms with Gasteiger partial charge in [-0.15, -0.1) is 0 Å². The largest absolute Gasteiger partial charge is 0.387 e. The number of amides is 1. The van der Waals surface area contributed by atoms with Crippen LogP contribution in [0.1, 0.15) is 11.1 Å². The predicted molar refractivity (Wildman–Crippen MR) is 80.6 cm³/mol. The molecule has 0 heterocycles. The van der Waals surface area contributed by atoms with E-state index in [0.717, 1.165) is 11.3 Å². The van der Waals surface area contributed by atoms with E-state index in [0.29, 0.717) is 17.8 Å². The summed E-state index contributed by atoms with van der Waals surface area (Å²) in [5.74, 6) is -0.672. The van der Waals surface area contributed by atoms with Crippen LogP contribution in [0.25, 0.3) is 0 Å². The number of aliphatic hydroxyl groups is 1. The molecule has 0 saturated carbocycles. The zero-order valence-corrected chi connectivity index (χ0v) is 11.7. The van der Waals surface area contributed by atoms with Crippen molar-refractivity contribution in [3.05, 3.63) is 59.4 Å². The summed E-state index contributed by atoms with van der Waals surface area (Å²) in [6.45, 7) is 1.73. The number of anilines is 2. The minimum absolute atomic E-state index is 0.215. The number of carbonyl (C=O) groups is 1. The summed E-state index contributed by atoms with van der Waals surface area (Å²) in [5.41, 5.74) is 3.01. The van der Waals surface area contributed by atoms with Crippen molar-refractivity contribution in [1.29, 1.82) is 0 Å². The highest BCUT2D eigenvalue weighted by Crippen LogP contribution is 2.17. The lowest BCUT2D eigenvalue weighted by atomic mass is 10.1. The van der Waals surface area contributed by atoms with E-state index in [-0.39, 0.29) is 5.82 Å². The van der Waals surface area contributed by atoms with Gasteiger partial charge in [0.2, 0.25) is 5.91 Å². The molecule has 0 spiro atoms. The standard InChI is InChI=1S/C16H17FN2O2/c1-11-7-12(5-6-15(11)17)9-18-13-3-2-4-14(8-13)19-16(21)10-20/h2-8,18,20H,9-10H2,1H3,(H,19,21). The molecule has 0 aliphatic rings. The van der Waals surface area contributed by atoms with E-state index in [1.807, 2.05) is 6.07 Å². The molecule has 0 atom stereocenters. The zero-order valence-electron chi connectivity index (χ0n) is 11.7. The average Bonchev–Trinajstić information content (AvgIpc) is 2.49. The maximum Gasteiger partial charge on any atom is 0.250 e. The lowest BCUT2D eigenvalue weighted by Gasteiger charge is -2.10. The molecular formula is C16H17FN2O2. The van der Waals surface area contributed by atoms with Crippen LogP contribution >= 0.6 is 0 Å². The first-order valence-corrected chi connectivity index (χ1v) is 6.58. The number of rotatable bonds is 5. The second-order valence-corrected chi connectivity index (χ2v) is 4.72. The van der Waals surface area contributed by atoms with Gasteiger partial charge in [0.05, 0.1) is 0 Å². The maximum absolute atomic E-state index is 13.2. The number of halogens is 1. The molecular weight excluding hydrogens is 271 g/mol. The van der Waals surface area contributed by atoms with Gasteiger partial charge in [0.1, 0.15) is 12.4 Å². The first kappa shape index (κ1) is 15.0. The lowest BCUT2D eigenvalue weighted by Crippen LogP contribution is -2.15. The second-order valence-electron chi connectivity index (χ2n) is 4.72. The van der Waals surface area contributed by atoms with Gasteiger partial charge in [0, 0.05) is 17.9 Å². The van der Waals surface area contributed by atoms with Crippen LogP contribution in [0.2, 0.25) is 0 Å². The molecule has 0 unspecified atom stereocenters. The Hall–Kier alpha value is -2.40. The maximum atomic E-state index is 13.2. The summed E-state index contributed by atoms with van der Waals surface area (Å²) in [4.78, 5) is 11.1.